The predicted molar refractivity (Wildman–Crippen MR) is 69.7 cm³/mol. The largest absolute Gasteiger partial charge is 0.303 e. The number of nitriles is 1. The minimum Gasteiger partial charge on any atom is -0.303 e. The van der Waals surface area contributed by atoms with E-state index < -0.39 is 0 Å². The van der Waals surface area contributed by atoms with Crippen molar-refractivity contribution in [2.75, 3.05) is 13.6 Å². The van der Waals surface area contributed by atoms with Crippen LogP contribution in [-0.4, -0.2) is 36.1 Å². The summed E-state index contributed by atoms with van der Waals surface area (Å²) in [6, 6.07) is 3.83. The first-order valence-corrected chi connectivity index (χ1v) is 7.02. The van der Waals surface area contributed by atoms with Gasteiger partial charge < -0.3 is 4.90 Å². The molecular formula is C14H25N3. The van der Waals surface area contributed by atoms with Crippen LogP contribution in [0.5, 0.6) is 0 Å². The third-order valence-corrected chi connectivity index (χ3v) is 4.26. The third kappa shape index (κ3) is 3.69. The molecule has 0 spiro atoms. The van der Waals surface area contributed by atoms with Gasteiger partial charge in [-0.3, -0.25) is 5.32 Å². The second kappa shape index (κ2) is 5.37. The third-order valence-electron chi connectivity index (χ3n) is 4.26. The van der Waals surface area contributed by atoms with Crippen LogP contribution in [0.2, 0.25) is 0 Å². The topological polar surface area (TPSA) is 39.1 Å². The molecule has 0 aliphatic heterocycles. The van der Waals surface area contributed by atoms with E-state index in [0.717, 1.165) is 19.0 Å². The molecule has 0 heterocycles. The van der Waals surface area contributed by atoms with Crippen LogP contribution in [0.3, 0.4) is 0 Å². The summed E-state index contributed by atoms with van der Waals surface area (Å²) in [6.45, 7) is 3.09. The van der Waals surface area contributed by atoms with Gasteiger partial charge in [0.25, 0.3) is 0 Å². The molecule has 3 nitrogen and oxygen atoms in total. The maximum Gasteiger partial charge on any atom is 0.105 e. The van der Waals surface area contributed by atoms with E-state index in [-0.39, 0.29) is 5.54 Å². The molecule has 2 aliphatic rings. The van der Waals surface area contributed by atoms with E-state index in [0.29, 0.717) is 6.04 Å². The van der Waals surface area contributed by atoms with Gasteiger partial charge in [0.2, 0.25) is 0 Å². The SMILES string of the molecule is CN(CCC(C)(C#N)NC1CC1)C1CCCC1. The molecule has 1 atom stereocenters. The van der Waals surface area contributed by atoms with Crippen molar-refractivity contribution in [3.63, 3.8) is 0 Å². The Bertz CT molecular complexity index is 286. The van der Waals surface area contributed by atoms with Gasteiger partial charge in [0.05, 0.1) is 6.07 Å². The van der Waals surface area contributed by atoms with Gasteiger partial charge in [0.1, 0.15) is 5.54 Å². The fourth-order valence-corrected chi connectivity index (χ4v) is 2.77. The molecule has 2 aliphatic carbocycles. The van der Waals surface area contributed by atoms with E-state index in [1.54, 1.807) is 0 Å². The fraction of sp³-hybridized carbons (Fsp3) is 0.929. The van der Waals surface area contributed by atoms with Crippen molar-refractivity contribution in [2.45, 2.75) is 69.5 Å². The quantitative estimate of drug-likeness (QED) is 0.767. The second-order valence-electron chi connectivity index (χ2n) is 6.03. The highest BCUT2D eigenvalue weighted by Gasteiger charge is 2.33. The predicted octanol–water partition coefficient (Wildman–Crippen LogP) is 2.29. The Balaban J connectivity index is 1.76. The molecule has 17 heavy (non-hydrogen) atoms. The summed E-state index contributed by atoms with van der Waals surface area (Å²) < 4.78 is 0. The van der Waals surface area contributed by atoms with Crippen LogP contribution in [-0.2, 0) is 0 Å². The van der Waals surface area contributed by atoms with E-state index in [2.05, 4.69) is 23.3 Å². The molecule has 3 heteroatoms. The first kappa shape index (κ1) is 12.9. The molecule has 1 N–H and O–H groups in total. The number of nitrogens with one attached hydrogen (secondary N) is 1. The summed E-state index contributed by atoms with van der Waals surface area (Å²) in [7, 11) is 2.21. The van der Waals surface area contributed by atoms with E-state index in [9.17, 15) is 5.26 Å². The van der Waals surface area contributed by atoms with Crippen LogP contribution in [0.15, 0.2) is 0 Å². The molecule has 2 saturated carbocycles. The van der Waals surface area contributed by atoms with Crippen molar-refractivity contribution < 1.29 is 0 Å². The second-order valence-corrected chi connectivity index (χ2v) is 6.03. The molecule has 0 bridgehead atoms. The van der Waals surface area contributed by atoms with E-state index in [1.165, 1.54) is 38.5 Å². The van der Waals surface area contributed by atoms with Gasteiger partial charge in [-0.2, -0.15) is 5.26 Å². The average Bonchev–Trinajstić information content (AvgIpc) is 2.97. The van der Waals surface area contributed by atoms with Crippen molar-refractivity contribution in [3.05, 3.63) is 0 Å². The summed E-state index contributed by atoms with van der Waals surface area (Å²) in [4.78, 5) is 2.46. The number of hydrogen-bond donors (Lipinski definition) is 1. The maximum absolute atomic E-state index is 9.31. The molecule has 96 valence electrons. The summed E-state index contributed by atoms with van der Waals surface area (Å²) in [6.07, 6.45) is 8.87. The fourth-order valence-electron chi connectivity index (χ4n) is 2.77. The molecule has 0 amide bonds. The minimum atomic E-state index is -0.325. The molecule has 2 rings (SSSR count). The summed E-state index contributed by atoms with van der Waals surface area (Å²) in [5, 5.41) is 12.8. The number of rotatable bonds is 6. The lowest BCUT2D eigenvalue weighted by atomic mass is 9.99. The van der Waals surface area contributed by atoms with Gasteiger partial charge in [0.15, 0.2) is 0 Å². The van der Waals surface area contributed by atoms with E-state index >= 15 is 0 Å². The Morgan fingerprint density at radius 2 is 1.94 bits per heavy atom. The van der Waals surface area contributed by atoms with Gasteiger partial charge in [0, 0.05) is 18.6 Å². The first-order valence-electron chi connectivity index (χ1n) is 7.02. The van der Waals surface area contributed by atoms with Gasteiger partial charge in [-0.05, 0) is 46.1 Å². The first-order chi connectivity index (χ1) is 8.13. The number of nitrogens with zero attached hydrogens (tertiary/aromatic N) is 2. The van der Waals surface area contributed by atoms with Gasteiger partial charge in [-0.25, -0.2) is 0 Å². The molecule has 0 aromatic heterocycles. The zero-order valence-corrected chi connectivity index (χ0v) is 11.2. The van der Waals surface area contributed by atoms with E-state index in [4.69, 9.17) is 0 Å². The van der Waals surface area contributed by atoms with Gasteiger partial charge in [-0.1, -0.05) is 12.8 Å². The van der Waals surface area contributed by atoms with Crippen LogP contribution >= 0.6 is 0 Å². The minimum absolute atomic E-state index is 0.325. The van der Waals surface area contributed by atoms with Crippen LogP contribution in [0, 0.1) is 11.3 Å². The lowest BCUT2D eigenvalue weighted by Crippen LogP contribution is -2.45. The van der Waals surface area contributed by atoms with Crippen LogP contribution in [0.4, 0.5) is 0 Å². The van der Waals surface area contributed by atoms with Crippen molar-refractivity contribution in [1.29, 1.82) is 5.26 Å². The monoisotopic (exact) mass is 235 g/mol. The highest BCUT2D eigenvalue weighted by Crippen LogP contribution is 2.26. The zero-order valence-electron chi connectivity index (χ0n) is 11.2. The van der Waals surface area contributed by atoms with Crippen LogP contribution in [0.1, 0.15) is 51.9 Å². The van der Waals surface area contributed by atoms with Crippen molar-refractivity contribution in [1.82, 2.24) is 10.2 Å². The maximum atomic E-state index is 9.31. The summed E-state index contributed by atoms with van der Waals surface area (Å²) in [5.41, 5.74) is -0.325. The average molecular weight is 235 g/mol. The molecule has 1 unspecified atom stereocenters. The highest BCUT2D eigenvalue weighted by atomic mass is 15.1. The lowest BCUT2D eigenvalue weighted by molar-refractivity contribution is 0.222. The summed E-state index contributed by atoms with van der Waals surface area (Å²) >= 11 is 0. The Morgan fingerprint density at radius 3 is 2.47 bits per heavy atom. The lowest BCUT2D eigenvalue weighted by Gasteiger charge is -2.29. The molecule has 0 radical (unpaired) electrons. The van der Waals surface area contributed by atoms with Gasteiger partial charge >= 0.3 is 0 Å². The normalized spacial score (nSPS) is 24.8. The standard InChI is InChI=1S/C14H25N3/c1-14(11-15,16-12-7-8-12)9-10-17(2)13-5-3-4-6-13/h12-13,16H,3-10H2,1-2H3. The Kier molecular flexibility index (Phi) is 4.06. The zero-order chi connectivity index (χ0) is 12.3. The molecular weight excluding hydrogens is 210 g/mol. The Hall–Kier alpha value is -0.590. The van der Waals surface area contributed by atoms with Gasteiger partial charge in [-0.15, -0.1) is 0 Å². The van der Waals surface area contributed by atoms with Crippen LogP contribution in [0.25, 0.3) is 0 Å². The Morgan fingerprint density at radius 1 is 1.29 bits per heavy atom. The van der Waals surface area contributed by atoms with Crippen LogP contribution < -0.4 is 5.32 Å². The molecule has 0 saturated heterocycles. The van der Waals surface area contributed by atoms with Crippen molar-refractivity contribution in [2.24, 2.45) is 0 Å². The number of hydrogen-bond acceptors (Lipinski definition) is 3. The molecule has 2 fully saturated rings. The molecule has 0 aromatic carbocycles. The Labute approximate surface area is 105 Å². The highest BCUT2D eigenvalue weighted by molar-refractivity contribution is 5.07. The van der Waals surface area contributed by atoms with E-state index in [1.807, 2.05) is 6.92 Å². The van der Waals surface area contributed by atoms with Crippen molar-refractivity contribution >= 4 is 0 Å². The smallest absolute Gasteiger partial charge is 0.105 e. The van der Waals surface area contributed by atoms with Crippen molar-refractivity contribution in [3.8, 4) is 6.07 Å². The summed E-state index contributed by atoms with van der Waals surface area (Å²) in [5.74, 6) is 0. The molecule has 0 aromatic rings.